The molecule has 0 fully saturated rings. The van der Waals surface area contributed by atoms with E-state index in [1.54, 1.807) is 4.90 Å². The van der Waals surface area contributed by atoms with E-state index in [1.165, 1.54) is 34.2 Å². The molecule has 52 heavy (non-hydrogen) atoms. The summed E-state index contributed by atoms with van der Waals surface area (Å²) in [6.45, 7) is 1.77. The summed E-state index contributed by atoms with van der Waals surface area (Å²) in [4.78, 5) is 92.0. The summed E-state index contributed by atoms with van der Waals surface area (Å²) < 4.78 is 2.89. The van der Waals surface area contributed by atoms with Crippen molar-refractivity contribution in [3.63, 3.8) is 0 Å². The van der Waals surface area contributed by atoms with Crippen LogP contribution >= 0.6 is 25.3 Å². The number of Topliss-reactive ketones (excluding diaryl/α,β-unsaturated/α-hetero) is 1. The number of carbonyl (C=O) groups excluding carboxylic acids is 5. The van der Waals surface area contributed by atoms with E-state index in [2.05, 4.69) is 56.5 Å². The quantitative estimate of drug-likeness (QED) is 0.0295. The normalized spacial score (nSPS) is 11.5. The van der Waals surface area contributed by atoms with E-state index < -0.39 is 27.7 Å². The van der Waals surface area contributed by atoms with Gasteiger partial charge >= 0.3 is 11.6 Å². The summed E-state index contributed by atoms with van der Waals surface area (Å²) in [7, 11) is 0. The van der Waals surface area contributed by atoms with E-state index in [-0.39, 0.29) is 81.3 Å². The second-order valence-corrected chi connectivity index (χ2v) is 12.6. The smallest absolute Gasteiger partial charge is 0.358 e. The first-order valence-electron chi connectivity index (χ1n) is 16.8. The number of unbranched alkanes of at least 4 members (excludes halogenated alkanes) is 2. The molecule has 0 spiro atoms. The zero-order chi connectivity index (χ0) is 38.3. The molecule has 2 aromatic rings. The lowest BCUT2D eigenvalue weighted by Gasteiger charge is -2.20. The van der Waals surface area contributed by atoms with Crippen molar-refractivity contribution in [2.75, 3.05) is 50.8 Å². The highest BCUT2D eigenvalue weighted by molar-refractivity contribution is 7.80. The summed E-state index contributed by atoms with van der Waals surface area (Å²) in [6.07, 6.45) is 7.82. The summed E-state index contributed by atoms with van der Waals surface area (Å²) in [6, 6.07) is -0.879. The molecule has 0 aromatic carbocycles. The van der Waals surface area contributed by atoms with Crippen molar-refractivity contribution in [1.82, 2.24) is 45.3 Å². The minimum atomic E-state index is -0.879. The highest BCUT2D eigenvalue weighted by Gasteiger charge is 2.21. The maximum Gasteiger partial charge on any atom is 0.381 e. The lowest BCUT2D eigenvalue weighted by molar-refractivity contribution is -0.389. The van der Waals surface area contributed by atoms with Crippen LogP contribution in [0, 0.1) is 20.2 Å². The molecule has 4 N–H and O–H groups in total. The Labute approximate surface area is 311 Å². The third kappa shape index (κ3) is 18.1. The minimum absolute atomic E-state index is 0.00272. The Bertz CT molecular complexity index is 1490. The molecule has 2 aromatic heterocycles. The zero-order valence-electron chi connectivity index (χ0n) is 28.8. The van der Waals surface area contributed by atoms with Gasteiger partial charge in [-0.15, -0.1) is 0 Å². The van der Waals surface area contributed by atoms with Gasteiger partial charge in [-0.3, -0.25) is 28.9 Å². The molecule has 2 heterocycles. The molecule has 0 saturated carbocycles. The van der Waals surface area contributed by atoms with E-state index in [0.717, 1.165) is 0 Å². The highest BCUT2D eigenvalue weighted by atomic mass is 32.1. The topological polar surface area (TPSA) is 259 Å². The van der Waals surface area contributed by atoms with Gasteiger partial charge in [0, 0.05) is 70.0 Å². The van der Waals surface area contributed by atoms with Crippen LogP contribution in [0.3, 0.4) is 0 Å². The third-order valence-corrected chi connectivity index (χ3v) is 7.94. The Hall–Kier alpha value is -4.57. The summed E-state index contributed by atoms with van der Waals surface area (Å²) in [5.41, 5.74) is 0. The van der Waals surface area contributed by atoms with Gasteiger partial charge in [0.05, 0.1) is 13.1 Å². The fraction of sp³-hybridized carbons (Fsp3) is 0.633. The first-order valence-corrected chi connectivity index (χ1v) is 18.1. The Balaban J connectivity index is 1.80. The Morgan fingerprint density at radius 1 is 0.731 bits per heavy atom. The van der Waals surface area contributed by atoms with Crippen LogP contribution in [-0.4, -0.2) is 120 Å². The van der Waals surface area contributed by atoms with Crippen molar-refractivity contribution in [3.05, 3.63) is 45.3 Å². The lowest BCUT2D eigenvalue weighted by atomic mass is 10.0. The van der Waals surface area contributed by atoms with Crippen molar-refractivity contribution < 1.29 is 33.8 Å². The number of hydrogen-bond donors (Lipinski definition) is 6. The molecule has 1 unspecified atom stereocenters. The second kappa shape index (κ2) is 24.6. The number of carbonyl (C=O) groups is 5. The first-order chi connectivity index (χ1) is 24.9. The number of rotatable bonds is 28. The molecule has 0 saturated heterocycles. The average Bonchev–Trinajstić information content (AvgIpc) is 3.79. The maximum atomic E-state index is 13.1. The number of ketones is 1. The molecule has 22 heteroatoms. The predicted molar refractivity (Wildman–Crippen MR) is 195 cm³/mol. The molecule has 20 nitrogen and oxygen atoms in total. The summed E-state index contributed by atoms with van der Waals surface area (Å²) in [5.74, 6) is -1.06. The summed E-state index contributed by atoms with van der Waals surface area (Å²) >= 11 is 8.25. The summed E-state index contributed by atoms with van der Waals surface area (Å²) in [5, 5.41) is 32.6. The van der Waals surface area contributed by atoms with Crippen molar-refractivity contribution in [2.24, 2.45) is 0 Å². The third-order valence-electron chi connectivity index (χ3n) is 7.52. The number of hydrogen-bond acceptors (Lipinski definition) is 14. The van der Waals surface area contributed by atoms with Crippen LogP contribution in [0.25, 0.3) is 0 Å². The van der Waals surface area contributed by atoms with Gasteiger partial charge in [0.25, 0.3) is 0 Å². The number of thiol groups is 2. The van der Waals surface area contributed by atoms with Crippen LogP contribution in [0.15, 0.2) is 25.0 Å². The molecular weight excluding hydrogens is 723 g/mol. The number of amides is 4. The zero-order valence-corrected chi connectivity index (χ0v) is 30.6. The van der Waals surface area contributed by atoms with Crippen molar-refractivity contribution >= 4 is 66.3 Å². The average molecular weight is 770 g/mol. The SMILES string of the molecule is O=C(CCCCCC(NC(=O)CCn1cnc([N+](=O)[O-])c1)C(=O)NCCCNC(=O)CN(CCS)CC(=O)NCCS)CCn1cnc([N+](=O)[O-])c1. The fourth-order valence-corrected chi connectivity index (χ4v) is 5.24. The van der Waals surface area contributed by atoms with Crippen molar-refractivity contribution in [3.8, 4) is 0 Å². The van der Waals surface area contributed by atoms with Gasteiger partial charge in [-0.2, -0.15) is 25.3 Å². The van der Waals surface area contributed by atoms with E-state index >= 15 is 0 Å². The van der Waals surface area contributed by atoms with E-state index in [9.17, 15) is 44.2 Å². The monoisotopic (exact) mass is 769 g/mol. The van der Waals surface area contributed by atoms with Crippen LogP contribution < -0.4 is 21.3 Å². The Morgan fingerprint density at radius 2 is 1.31 bits per heavy atom. The van der Waals surface area contributed by atoms with Crippen molar-refractivity contribution in [1.29, 1.82) is 0 Å². The number of nitro groups is 2. The molecule has 0 aliphatic heterocycles. The van der Waals surface area contributed by atoms with Gasteiger partial charge < -0.3 is 50.6 Å². The van der Waals surface area contributed by atoms with Crippen LogP contribution in [-0.2, 0) is 37.1 Å². The van der Waals surface area contributed by atoms with E-state index in [4.69, 9.17) is 0 Å². The number of nitrogens with one attached hydrogen (secondary N) is 4. The van der Waals surface area contributed by atoms with Gasteiger partial charge in [-0.25, -0.2) is 0 Å². The maximum absolute atomic E-state index is 13.1. The molecule has 0 aliphatic carbocycles. The minimum Gasteiger partial charge on any atom is -0.358 e. The number of aromatic nitrogens is 4. The lowest BCUT2D eigenvalue weighted by Crippen LogP contribution is -2.47. The number of aryl methyl sites for hydroxylation is 2. The molecule has 1 atom stereocenters. The highest BCUT2D eigenvalue weighted by Crippen LogP contribution is 2.11. The number of imidazole rings is 2. The van der Waals surface area contributed by atoms with Crippen molar-refractivity contribution in [2.45, 2.75) is 70.5 Å². The predicted octanol–water partition coefficient (Wildman–Crippen LogP) is 0.281. The molecule has 4 amide bonds. The van der Waals surface area contributed by atoms with E-state index in [0.29, 0.717) is 63.1 Å². The Kier molecular flexibility index (Phi) is 20.6. The van der Waals surface area contributed by atoms with Crippen LogP contribution in [0.1, 0.15) is 51.4 Å². The van der Waals surface area contributed by atoms with Crippen LogP contribution in [0.5, 0.6) is 0 Å². The fourth-order valence-electron chi connectivity index (χ4n) is 4.84. The van der Waals surface area contributed by atoms with Crippen LogP contribution in [0.2, 0.25) is 0 Å². The first kappa shape index (κ1) is 43.6. The van der Waals surface area contributed by atoms with Gasteiger partial charge in [-0.05, 0) is 39.1 Å². The Morgan fingerprint density at radius 3 is 1.87 bits per heavy atom. The largest absolute Gasteiger partial charge is 0.381 e. The van der Waals surface area contributed by atoms with E-state index in [1.807, 2.05) is 0 Å². The molecule has 0 bridgehead atoms. The molecule has 288 valence electrons. The molecule has 2 rings (SSSR count). The molecule has 0 aliphatic rings. The second-order valence-electron chi connectivity index (χ2n) is 11.7. The molecule has 0 radical (unpaired) electrons. The van der Waals surface area contributed by atoms with Gasteiger partial charge in [0.2, 0.25) is 36.3 Å². The van der Waals surface area contributed by atoms with Gasteiger partial charge in [-0.1, -0.05) is 12.8 Å². The molecular formula is C30H47N11O9S2. The number of nitrogens with zero attached hydrogens (tertiary/aromatic N) is 7. The van der Waals surface area contributed by atoms with Gasteiger partial charge in [0.1, 0.15) is 24.2 Å². The van der Waals surface area contributed by atoms with Crippen LogP contribution in [0.4, 0.5) is 11.6 Å². The standard InChI is InChI=1S/C30H47N11O9S2/c42-23(7-12-38-17-25(34-21-38)40(47)48)5-2-1-3-6-24(36-27(43)8-13-39-18-26(35-22-39)41(49)50)30(46)33-10-4-9-31-28(44)19-37(14-16-52)20-29(45)32-11-15-51/h17-18,21-22,24,51-52H,1-16,19-20H2,(H,31,44)(H,32,45)(H,33,46)(H,36,43). The van der Waals surface area contributed by atoms with Gasteiger partial charge in [0.15, 0.2) is 0 Å².